The molecule has 2 aromatic carbocycles. The van der Waals surface area contributed by atoms with Crippen molar-refractivity contribution in [3.8, 4) is 11.5 Å². The monoisotopic (exact) mass is 398 g/mol. The van der Waals surface area contributed by atoms with Gasteiger partial charge in [-0.05, 0) is 43.2 Å². The maximum absolute atomic E-state index is 6.19. The van der Waals surface area contributed by atoms with Crippen molar-refractivity contribution in [1.29, 1.82) is 0 Å². The molecule has 0 fully saturated rings. The number of aryl methyl sites for hydroxylation is 1. The van der Waals surface area contributed by atoms with E-state index in [0.717, 1.165) is 29.1 Å². The molecule has 1 aromatic heterocycles. The molecule has 3 rings (SSSR count). The van der Waals surface area contributed by atoms with Gasteiger partial charge in [0.15, 0.2) is 0 Å². The third-order valence-electron chi connectivity index (χ3n) is 4.15. The number of benzene rings is 2. The van der Waals surface area contributed by atoms with Gasteiger partial charge in [0, 0.05) is 24.0 Å². The zero-order valence-electron chi connectivity index (χ0n) is 16.1. The summed E-state index contributed by atoms with van der Waals surface area (Å²) in [4.78, 5) is 8.99. The molecule has 0 unspecified atom stereocenters. The predicted octanol–water partition coefficient (Wildman–Crippen LogP) is 4.85. The van der Waals surface area contributed by atoms with E-state index < -0.39 is 0 Å². The first-order valence-electron chi connectivity index (χ1n) is 8.91. The van der Waals surface area contributed by atoms with Crippen LogP contribution in [0.15, 0.2) is 48.5 Å². The van der Waals surface area contributed by atoms with Gasteiger partial charge in [0.1, 0.15) is 17.3 Å². The molecular formula is C21H23ClN4O2. The van der Waals surface area contributed by atoms with Crippen LogP contribution in [0.5, 0.6) is 11.5 Å². The lowest BCUT2D eigenvalue weighted by Gasteiger charge is -2.12. The summed E-state index contributed by atoms with van der Waals surface area (Å²) in [6.07, 6.45) is 0.804. The molecule has 0 aliphatic carbocycles. The van der Waals surface area contributed by atoms with Gasteiger partial charge in [-0.15, -0.1) is 0 Å². The van der Waals surface area contributed by atoms with Crippen molar-refractivity contribution in [1.82, 2.24) is 9.97 Å². The Bertz CT molecular complexity index is 949. The quantitative estimate of drug-likeness (QED) is 0.565. The molecule has 146 valence electrons. The number of methoxy groups -OCH3 is 2. The summed E-state index contributed by atoms with van der Waals surface area (Å²) in [5.74, 6) is 2.77. The van der Waals surface area contributed by atoms with Gasteiger partial charge in [-0.1, -0.05) is 29.8 Å². The summed E-state index contributed by atoms with van der Waals surface area (Å²) < 4.78 is 10.6. The molecule has 0 atom stereocenters. The van der Waals surface area contributed by atoms with Crippen LogP contribution in [0.25, 0.3) is 0 Å². The lowest BCUT2D eigenvalue weighted by Crippen LogP contribution is -2.10. The molecular weight excluding hydrogens is 376 g/mol. The zero-order chi connectivity index (χ0) is 19.9. The SMILES string of the molecule is COc1ccc(Nc2cc(C)nc(NCCc3ccccc3OC)n2)cc1Cl. The van der Waals surface area contributed by atoms with Gasteiger partial charge in [-0.3, -0.25) is 0 Å². The molecule has 0 aliphatic heterocycles. The minimum absolute atomic E-state index is 0.536. The van der Waals surface area contributed by atoms with Crippen molar-refractivity contribution in [2.75, 3.05) is 31.4 Å². The first-order valence-corrected chi connectivity index (χ1v) is 9.29. The van der Waals surface area contributed by atoms with Crippen LogP contribution in [-0.2, 0) is 6.42 Å². The zero-order valence-corrected chi connectivity index (χ0v) is 16.9. The molecule has 0 bridgehead atoms. The van der Waals surface area contributed by atoms with Crippen molar-refractivity contribution >= 4 is 29.1 Å². The van der Waals surface area contributed by atoms with Gasteiger partial charge in [-0.25, -0.2) is 4.98 Å². The summed E-state index contributed by atoms with van der Waals surface area (Å²) in [7, 11) is 3.27. The van der Waals surface area contributed by atoms with Crippen molar-refractivity contribution in [3.63, 3.8) is 0 Å². The van der Waals surface area contributed by atoms with Crippen molar-refractivity contribution in [2.45, 2.75) is 13.3 Å². The molecule has 0 saturated carbocycles. The third kappa shape index (κ3) is 5.04. The minimum atomic E-state index is 0.536. The van der Waals surface area contributed by atoms with E-state index in [9.17, 15) is 0 Å². The fourth-order valence-corrected chi connectivity index (χ4v) is 3.08. The molecule has 0 aliphatic rings. The van der Waals surface area contributed by atoms with Crippen LogP contribution < -0.4 is 20.1 Å². The molecule has 0 spiro atoms. The van der Waals surface area contributed by atoms with E-state index in [1.165, 1.54) is 0 Å². The highest BCUT2D eigenvalue weighted by Crippen LogP contribution is 2.28. The van der Waals surface area contributed by atoms with Gasteiger partial charge in [-0.2, -0.15) is 4.98 Å². The molecule has 6 nitrogen and oxygen atoms in total. The second kappa shape index (κ2) is 9.28. The van der Waals surface area contributed by atoms with Crippen molar-refractivity contribution in [2.24, 2.45) is 0 Å². The van der Waals surface area contributed by atoms with Gasteiger partial charge in [0.05, 0.1) is 19.2 Å². The Morgan fingerprint density at radius 1 is 0.964 bits per heavy atom. The first kappa shape index (κ1) is 19.8. The normalized spacial score (nSPS) is 10.4. The van der Waals surface area contributed by atoms with Crippen LogP contribution in [0.3, 0.4) is 0 Å². The van der Waals surface area contributed by atoms with E-state index >= 15 is 0 Å². The number of nitrogens with zero attached hydrogens (tertiary/aromatic N) is 2. The number of aromatic nitrogens is 2. The van der Waals surface area contributed by atoms with E-state index in [1.807, 2.05) is 43.3 Å². The third-order valence-corrected chi connectivity index (χ3v) is 4.44. The molecule has 1 heterocycles. The second-order valence-electron chi connectivity index (χ2n) is 6.18. The van der Waals surface area contributed by atoms with Crippen LogP contribution in [0.1, 0.15) is 11.3 Å². The minimum Gasteiger partial charge on any atom is -0.496 e. The highest BCUT2D eigenvalue weighted by molar-refractivity contribution is 6.32. The van der Waals surface area contributed by atoms with E-state index in [-0.39, 0.29) is 0 Å². The Kier molecular flexibility index (Phi) is 6.55. The molecule has 0 amide bonds. The van der Waals surface area contributed by atoms with Crippen LogP contribution >= 0.6 is 11.6 Å². The van der Waals surface area contributed by atoms with Crippen LogP contribution in [0.4, 0.5) is 17.5 Å². The molecule has 0 saturated heterocycles. The average Bonchev–Trinajstić information content (AvgIpc) is 2.68. The summed E-state index contributed by atoms with van der Waals surface area (Å²) in [5, 5.41) is 7.07. The van der Waals surface area contributed by atoms with Crippen LogP contribution in [-0.4, -0.2) is 30.7 Å². The molecule has 7 heteroatoms. The Morgan fingerprint density at radius 2 is 1.75 bits per heavy atom. The van der Waals surface area contributed by atoms with E-state index in [4.69, 9.17) is 21.1 Å². The highest BCUT2D eigenvalue weighted by Gasteiger charge is 2.06. The Morgan fingerprint density at radius 3 is 2.50 bits per heavy atom. The number of halogens is 1. The molecule has 28 heavy (non-hydrogen) atoms. The van der Waals surface area contributed by atoms with Gasteiger partial charge in [0.2, 0.25) is 5.95 Å². The standard InChI is InChI=1S/C21H23ClN4O2/c1-14-12-20(25-16-8-9-19(28-3)17(22)13-16)26-21(24-14)23-11-10-15-6-4-5-7-18(15)27-2/h4-9,12-13H,10-11H2,1-3H3,(H2,23,24,25,26). The predicted molar refractivity (Wildman–Crippen MR) is 113 cm³/mol. The lowest BCUT2D eigenvalue weighted by molar-refractivity contribution is 0.410. The Labute approximate surface area is 169 Å². The van der Waals surface area contributed by atoms with E-state index in [2.05, 4.69) is 26.7 Å². The van der Waals surface area contributed by atoms with Crippen molar-refractivity contribution < 1.29 is 9.47 Å². The second-order valence-corrected chi connectivity index (χ2v) is 6.59. The number of nitrogens with one attached hydrogen (secondary N) is 2. The summed E-state index contributed by atoms with van der Waals surface area (Å²) >= 11 is 6.19. The summed E-state index contributed by atoms with van der Waals surface area (Å²) in [6, 6.07) is 15.3. The van der Waals surface area contributed by atoms with Gasteiger partial charge in [0.25, 0.3) is 0 Å². The van der Waals surface area contributed by atoms with Gasteiger partial charge >= 0.3 is 0 Å². The number of hydrogen-bond acceptors (Lipinski definition) is 6. The fourth-order valence-electron chi connectivity index (χ4n) is 2.82. The molecule has 2 N–H and O–H groups in total. The number of anilines is 3. The fraction of sp³-hybridized carbons (Fsp3) is 0.238. The van der Waals surface area contributed by atoms with Crippen LogP contribution in [0.2, 0.25) is 5.02 Å². The van der Waals surface area contributed by atoms with E-state index in [0.29, 0.717) is 29.1 Å². The number of para-hydroxylation sites is 1. The Balaban J connectivity index is 1.67. The average molecular weight is 399 g/mol. The maximum Gasteiger partial charge on any atom is 0.224 e. The molecule has 3 aromatic rings. The topological polar surface area (TPSA) is 68.3 Å². The maximum atomic E-state index is 6.19. The number of ether oxygens (including phenoxy) is 2. The van der Waals surface area contributed by atoms with E-state index in [1.54, 1.807) is 20.3 Å². The van der Waals surface area contributed by atoms with Crippen molar-refractivity contribution in [3.05, 3.63) is 64.8 Å². The smallest absolute Gasteiger partial charge is 0.224 e. The Hall–Kier alpha value is -2.99. The summed E-state index contributed by atoms with van der Waals surface area (Å²) in [5.41, 5.74) is 2.82. The first-order chi connectivity index (χ1) is 13.6. The van der Waals surface area contributed by atoms with Gasteiger partial charge < -0.3 is 20.1 Å². The number of rotatable bonds is 8. The highest BCUT2D eigenvalue weighted by atomic mass is 35.5. The summed E-state index contributed by atoms with van der Waals surface area (Å²) in [6.45, 7) is 2.62. The van der Waals surface area contributed by atoms with Crippen LogP contribution in [0, 0.1) is 6.92 Å². The number of hydrogen-bond donors (Lipinski definition) is 2. The molecule has 0 radical (unpaired) electrons. The largest absolute Gasteiger partial charge is 0.496 e. The lowest BCUT2D eigenvalue weighted by atomic mass is 10.1.